The standard InChI is InChI=1S/C20H20FN5O5/c1-25-19(13(8-22-25)26(27)28)18-10-4-5-20(7-12(10)23-24-18)16-11(9-31-20)14(29-2)6-15(30-3)17(16)21/h6,8H,4-5,7,9H2,1-3H3,(H,23,24). The van der Waals surface area contributed by atoms with Gasteiger partial charge in [0.15, 0.2) is 17.3 Å². The van der Waals surface area contributed by atoms with Crippen LogP contribution in [0.2, 0.25) is 0 Å². The second-order valence-corrected chi connectivity index (χ2v) is 7.70. The van der Waals surface area contributed by atoms with Gasteiger partial charge in [0.1, 0.15) is 23.2 Å². The number of ether oxygens (including phenoxy) is 3. The van der Waals surface area contributed by atoms with E-state index < -0.39 is 16.3 Å². The summed E-state index contributed by atoms with van der Waals surface area (Å²) in [6.45, 7) is 0.225. The molecule has 1 N–H and O–H groups in total. The molecule has 31 heavy (non-hydrogen) atoms. The molecule has 0 amide bonds. The van der Waals surface area contributed by atoms with Gasteiger partial charge in [-0.05, 0) is 12.8 Å². The number of aryl methyl sites for hydroxylation is 1. The molecule has 11 heteroatoms. The lowest BCUT2D eigenvalue weighted by atomic mass is 9.77. The SMILES string of the molecule is COc1cc(OC)c2c(c1F)C1(CCc3c(-c4c([N+](=O)[O-])cnn4C)n[nH]c3C1)OC2. The first-order valence-electron chi connectivity index (χ1n) is 9.71. The Morgan fingerprint density at radius 1 is 1.32 bits per heavy atom. The highest BCUT2D eigenvalue weighted by Gasteiger charge is 2.48. The first-order valence-corrected chi connectivity index (χ1v) is 9.71. The minimum atomic E-state index is -0.892. The fraction of sp³-hybridized carbons (Fsp3) is 0.400. The monoisotopic (exact) mass is 429 g/mol. The van der Waals surface area contributed by atoms with Crippen molar-refractivity contribution in [1.82, 2.24) is 20.0 Å². The number of hydrogen-bond donors (Lipinski definition) is 1. The van der Waals surface area contributed by atoms with Crippen molar-refractivity contribution in [2.24, 2.45) is 7.05 Å². The van der Waals surface area contributed by atoms with E-state index in [1.165, 1.54) is 31.2 Å². The number of rotatable bonds is 4. The topological polar surface area (TPSA) is 117 Å². The van der Waals surface area contributed by atoms with Gasteiger partial charge in [-0.25, -0.2) is 4.39 Å². The third kappa shape index (κ3) is 2.66. The molecule has 1 spiro atoms. The lowest BCUT2D eigenvalue weighted by Gasteiger charge is -2.33. The highest BCUT2D eigenvalue weighted by molar-refractivity contribution is 5.70. The van der Waals surface area contributed by atoms with Crippen LogP contribution in [0.1, 0.15) is 28.8 Å². The van der Waals surface area contributed by atoms with Crippen molar-refractivity contribution in [1.29, 1.82) is 0 Å². The largest absolute Gasteiger partial charge is 0.496 e. The smallest absolute Gasteiger partial charge is 0.316 e. The fourth-order valence-corrected chi connectivity index (χ4v) is 4.76. The van der Waals surface area contributed by atoms with E-state index in [-0.39, 0.29) is 18.0 Å². The Hall–Kier alpha value is -3.47. The molecule has 0 saturated carbocycles. The molecule has 2 aliphatic rings. The summed E-state index contributed by atoms with van der Waals surface area (Å²) in [7, 11) is 4.57. The Kier molecular flexibility index (Phi) is 4.26. The number of hydrogen-bond acceptors (Lipinski definition) is 7. The molecule has 1 unspecified atom stereocenters. The molecule has 162 valence electrons. The van der Waals surface area contributed by atoms with Gasteiger partial charge in [-0.3, -0.25) is 19.9 Å². The number of H-pyrrole nitrogens is 1. The van der Waals surface area contributed by atoms with Crippen LogP contribution in [-0.2, 0) is 36.8 Å². The molecular formula is C20H20FN5O5. The van der Waals surface area contributed by atoms with Crippen LogP contribution in [-0.4, -0.2) is 39.1 Å². The quantitative estimate of drug-likeness (QED) is 0.501. The van der Waals surface area contributed by atoms with Crippen molar-refractivity contribution in [3.63, 3.8) is 0 Å². The van der Waals surface area contributed by atoms with Gasteiger partial charge in [-0.2, -0.15) is 10.2 Å². The maximum absolute atomic E-state index is 15.3. The molecule has 3 heterocycles. The zero-order chi connectivity index (χ0) is 21.9. The number of fused-ring (bicyclic) bond motifs is 3. The van der Waals surface area contributed by atoms with Gasteiger partial charge in [0.2, 0.25) is 0 Å². The van der Waals surface area contributed by atoms with Crippen LogP contribution in [0.4, 0.5) is 10.1 Å². The second-order valence-electron chi connectivity index (χ2n) is 7.70. The van der Waals surface area contributed by atoms with E-state index in [1.807, 2.05) is 0 Å². The van der Waals surface area contributed by atoms with Crippen molar-refractivity contribution in [2.75, 3.05) is 14.2 Å². The maximum atomic E-state index is 15.3. The number of nitro groups is 1. The Labute approximate surface area is 176 Å². The van der Waals surface area contributed by atoms with E-state index in [1.54, 1.807) is 7.05 Å². The molecular weight excluding hydrogens is 409 g/mol. The zero-order valence-corrected chi connectivity index (χ0v) is 17.2. The zero-order valence-electron chi connectivity index (χ0n) is 17.2. The van der Waals surface area contributed by atoms with E-state index in [4.69, 9.17) is 14.2 Å². The first-order chi connectivity index (χ1) is 14.9. The molecule has 1 aliphatic carbocycles. The van der Waals surface area contributed by atoms with Crippen molar-refractivity contribution < 1.29 is 23.5 Å². The molecule has 1 atom stereocenters. The van der Waals surface area contributed by atoms with Crippen LogP contribution in [0, 0.1) is 15.9 Å². The summed E-state index contributed by atoms with van der Waals surface area (Å²) < 4.78 is 33.6. The third-order valence-electron chi connectivity index (χ3n) is 6.22. The first kappa shape index (κ1) is 19.5. The van der Waals surface area contributed by atoms with E-state index in [0.717, 1.165) is 11.3 Å². The van der Waals surface area contributed by atoms with Gasteiger partial charge < -0.3 is 14.2 Å². The van der Waals surface area contributed by atoms with Crippen molar-refractivity contribution in [3.05, 3.63) is 50.6 Å². The van der Waals surface area contributed by atoms with Gasteiger partial charge in [0.05, 0.1) is 25.7 Å². The van der Waals surface area contributed by atoms with Crippen LogP contribution in [0.15, 0.2) is 12.3 Å². The Balaban J connectivity index is 1.60. The molecule has 0 radical (unpaired) electrons. The average Bonchev–Trinajstić information content (AvgIpc) is 3.44. The fourth-order valence-electron chi connectivity index (χ4n) is 4.76. The number of methoxy groups -OCH3 is 2. The average molecular weight is 429 g/mol. The summed E-state index contributed by atoms with van der Waals surface area (Å²) in [5.41, 5.74) is 2.54. The molecule has 5 rings (SSSR count). The van der Waals surface area contributed by atoms with Crippen molar-refractivity contribution in [2.45, 2.75) is 31.5 Å². The number of benzene rings is 1. The predicted molar refractivity (Wildman–Crippen MR) is 105 cm³/mol. The summed E-state index contributed by atoms with van der Waals surface area (Å²) >= 11 is 0. The highest BCUT2D eigenvalue weighted by Crippen LogP contribution is 2.51. The maximum Gasteiger partial charge on any atom is 0.316 e. The van der Waals surface area contributed by atoms with Crippen molar-refractivity contribution >= 4 is 5.69 Å². The second kappa shape index (κ2) is 6.77. The molecule has 10 nitrogen and oxygen atoms in total. The van der Waals surface area contributed by atoms with Crippen LogP contribution < -0.4 is 9.47 Å². The molecule has 0 bridgehead atoms. The Morgan fingerprint density at radius 3 is 2.81 bits per heavy atom. The van der Waals surface area contributed by atoms with Gasteiger partial charge in [-0.1, -0.05) is 0 Å². The minimum Gasteiger partial charge on any atom is -0.496 e. The van der Waals surface area contributed by atoms with Crippen LogP contribution in [0.25, 0.3) is 11.4 Å². The number of aromatic nitrogens is 4. The summed E-state index contributed by atoms with van der Waals surface area (Å²) in [4.78, 5) is 11.0. The Morgan fingerprint density at radius 2 is 2.10 bits per heavy atom. The lowest BCUT2D eigenvalue weighted by Crippen LogP contribution is -2.34. The van der Waals surface area contributed by atoms with Crippen LogP contribution in [0.3, 0.4) is 0 Å². The third-order valence-corrected chi connectivity index (χ3v) is 6.22. The van der Waals surface area contributed by atoms with E-state index in [2.05, 4.69) is 15.3 Å². The molecule has 1 aliphatic heterocycles. The number of nitrogens with zero attached hydrogens (tertiary/aromatic N) is 4. The van der Waals surface area contributed by atoms with Crippen LogP contribution in [0.5, 0.6) is 11.5 Å². The summed E-state index contributed by atoms with van der Waals surface area (Å²) in [6.07, 6.45) is 2.55. The van der Waals surface area contributed by atoms with Gasteiger partial charge >= 0.3 is 5.69 Å². The Bertz CT molecular complexity index is 1220. The number of nitrogens with one attached hydrogen (secondary N) is 1. The number of halogens is 1. The molecule has 1 aromatic carbocycles. The van der Waals surface area contributed by atoms with Gasteiger partial charge in [0, 0.05) is 41.9 Å². The van der Waals surface area contributed by atoms with Crippen molar-refractivity contribution in [3.8, 4) is 22.9 Å². The molecule has 2 aromatic heterocycles. The summed E-state index contributed by atoms with van der Waals surface area (Å²) in [6, 6.07) is 1.53. The highest BCUT2D eigenvalue weighted by atomic mass is 19.1. The summed E-state index contributed by atoms with van der Waals surface area (Å²) in [5.74, 6) is 0.162. The minimum absolute atomic E-state index is 0.0991. The molecule has 3 aromatic rings. The van der Waals surface area contributed by atoms with Gasteiger partial charge in [-0.15, -0.1) is 0 Å². The van der Waals surface area contributed by atoms with Gasteiger partial charge in [0.25, 0.3) is 0 Å². The predicted octanol–water partition coefficient (Wildman–Crippen LogP) is 2.79. The lowest BCUT2D eigenvalue weighted by molar-refractivity contribution is -0.384. The van der Waals surface area contributed by atoms with E-state index in [0.29, 0.717) is 47.5 Å². The normalized spacial score (nSPS) is 19.4. The molecule has 0 fully saturated rings. The number of aromatic amines is 1. The molecule has 0 saturated heterocycles. The van der Waals surface area contributed by atoms with Crippen LogP contribution >= 0.6 is 0 Å². The summed E-state index contributed by atoms with van der Waals surface area (Å²) in [5, 5.41) is 22.8. The van der Waals surface area contributed by atoms with E-state index >= 15 is 4.39 Å². The van der Waals surface area contributed by atoms with E-state index in [9.17, 15) is 10.1 Å².